The molecule has 116 valence electrons. The predicted molar refractivity (Wildman–Crippen MR) is 82.3 cm³/mol. The van der Waals surface area contributed by atoms with Gasteiger partial charge in [0.1, 0.15) is 5.82 Å². The lowest BCUT2D eigenvalue weighted by Gasteiger charge is -2.05. The Kier molecular flexibility index (Phi) is 3.53. The zero-order valence-corrected chi connectivity index (χ0v) is 12.1. The fourth-order valence-corrected chi connectivity index (χ4v) is 2.38. The number of fused-ring (bicyclic) bond motifs is 1. The molecule has 0 spiro atoms. The third kappa shape index (κ3) is 2.76. The summed E-state index contributed by atoms with van der Waals surface area (Å²) in [5.74, 6) is -0.576. The SMILES string of the molecule is Cc1c(C(=O)c2ccc(F)cc2)ccc2[nH]c(NC(=O)O)nc12. The lowest BCUT2D eigenvalue weighted by molar-refractivity contribution is 0.103. The van der Waals surface area contributed by atoms with Gasteiger partial charge in [-0.05, 0) is 48.9 Å². The smallest absolute Gasteiger partial charge is 0.411 e. The predicted octanol–water partition coefficient (Wildman–Crippen LogP) is 3.33. The Morgan fingerprint density at radius 3 is 2.52 bits per heavy atom. The van der Waals surface area contributed by atoms with Crippen molar-refractivity contribution < 1.29 is 19.1 Å². The fraction of sp³-hybridized carbons (Fsp3) is 0.0625. The lowest BCUT2D eigenvalue weighted by atomic mass is 9.98. The number of carbonyl (C=O) groups is 2. The highest BCUT2D eigenvalue weighted by Gasteiger charge is 2.16. The highest BCUT2D eigenvalue weighted by molar-refractivity contribution is 6.11. The number of rotatable bonds is 3. The summed E-state index contributed by atoms with van der Waals surface area (Å²) in [5.41, 5.74) is 2.53. The standard InChI is InChI=1S/C16H12FN3O3/c1-8-11(14(21)9-2-4-10(17)5-3-9)6-7-12-13(8)19-15(18-12)20-16(22)23/h2-7H,1H3,(H,22,23)(H2,18,19,20). The van der Waals surface area contributed by atoms with Gasteiger partial charge in [-0.15, -0.1) is 0 Å². The Morgan fingerprint density at radius 1 is 1.17 bits per heavy atom. The number of halogens is 1. The van der Waals surface area contributed by atoms with Gasteiger partial charge in [0, 0.05) is 11.1 Å². The number of nitrogens with zero attached hydrogens (tertiary/aromatic N) is 1. The zero-order chi connectivity index (χ0) is 16.6. The molecule has 6 nitrogen and oxygen atoms in total. The maximum Gasteiger partial charge on any atom is 0.411 e. The minimum Gasteiger partial charge on any atom is -0.465 e. The molecule has 7 heteroatoms. The van der Waals surface area contributed by atoms with Crippen molar-refractivity contribution in [3.63, 3.8) is 0 Å². The number of carboxylic acid groups (broad SMARTS) is 1. The van der Waals surface area contributed by atoms with Gasteiger partial charge in [-0.3, -0.25) is 10.1 Å². The first-order chi connectivity index (χ1) is 11.0. The average molecular weight is 313 g/mol. The molecule has 23 heavy (non-hydrogen) atoms. The highest BCUT2D eigenvalue weighted by Crippen LogP contribution is 2.23. The third-order valence-electron chi connectivity index (χ3n) is 3.48. The molecular weight excluding hydrogens is 301 g/mol. The molecular formula is C16H12FN3O3. The maximum atomic E-state index is 13.0. The first-order valence-corrected chi connectivity index (χ1v) is 6.75. The molecule has 1 heterocycles. The molecule has 0 aliphatic rings. The minimum absolute atomic E-state index is 0.0852. The van der Waals surface area contributed by atoms with Crippen LogP contribution in [-0.2, 0) is 0 Å². The van der Waals surface area contributed by atoms with Gasteiger partial charge in [-0.25, -0.2) is 14.2 Å². The summed E-state index contributed by atoms with van der Waals surface area (Å²) < 4.78 is 13.0. The van der Waals surface area contributed by atoms with Crippen molar-refractivity contribution in [1.82, 2.24) is 9.97 Å². The second kappa shape index (κ2) is 5.53. The molecule has 0 aliphatic heterocycles. The number of aryl methyl sites for hydroxylation is 1. The van der Waals surface area contributed by atoms with Crippen LogP contribution in [0, 0.1) is 12.7 Å². The summed E-state index contributed by atoms with van der Waals surface area (Å²) in [6.45, 7) is 1.73. The second-order valence-electron chi connectivity index (χ2n) is 4.99. The number of aromatic nitrogens is 2. The van der Waals surface area contributed by atoms with Crippen LogP contribution in [0.4, 0.5) is 15.1 Å². The number of H-pyrrole nitrogens is 1. The van der Waals surface area contributed by atoms with E-state index in [9.17, 15) is 14.0 Å². The van der Waals surface area contributed by atoms with Gasteiger partial charge in [0.05, 0.1) is 11.0 Å². The molecule has 3 N–H and O–H groups in total. The largest absolute Gasteiger partial charge is 0.465 e. The van der Waals surface area contributed by atoms with E-state index >= 15 is 0 Å². The van der Waals surface area contributed by atoms with Crippen LogP contribution in [0.15, 0.2) is 36.4 Å². The summed E-state index contributed by atoms with van der Waals surface area (Å²) in [6, 6.07) is 8.58. The van der Waals surface area contributed by atoms with Crippen LogP contribution in [0.1, 0.15) is 21.5 Å². The van der Waals surface area contributed by atoms with E-state index in [0.717, 1.165) is 0 Å². The first-order valence-electron chi connectivity index (χ1n) is 6.75. The van der Waals surface area contributed by atoms with E-state index in [1.165, 1.54) is 24.3 Å². The highest BCUT2D eigenvalue weighted by atomic mass is 19.1. The summed E-state index contributed by atoms with van der Waals surface area (Å²) in [4.78, 5) is 30.2. The topological polar surface area (TPSA) is 95.1 Å². The van der Waals surface area contributed by atoms with Crippen LogP contribution in [0.3, 0.4) is 0 Å². The molecule has 0 saturated carbocycles. The number of hydrogen-bond donors (Lipinski definition) is 3. The molecule has 0 aliphatic carbocycles. The van der Waals surface area contributed by atoms with Crippen molar-refractivity contribution >= 4 is 28.9 Å². The van der Waals surface area contributed by atoms with E-state index in [1.807, 2.05) is 0 Å². The van der Waals surface area contributed by atoms with Crippen molar-refractivity contribution in [2.45, 2.75) is 6.92 Å². The van der Waals surface area contributed by atoms with E-state index in [0.29, 0.717) is 27.7 Å². The number of nitrogens with one attached hydrogen (secondary N) is 2. The fourth-order valence-electron chi connectivity index (χ4n) is 2.38. The van der Waals surface area contributed by atoms with Gasteiger partial charge < -0.3 is 10.1 Å². The van der Waals surface area contributed by atoms with E-state index in [4.69, 9.17) is 5.11 Å². The van der Waals surface area contributed by atoms with Gasteiger partial charge in [-0.2, -0.15) is 0 Å². The number of amides is 1. The van der Waals surface area contributed by atoms with Crippen LogP contribution in [0.2, 0.25) is 0 Å². The number of ketones is 1. The van der Waals surface area contributed by atoms with E-state index in [-0.39, 0.29) is 11.7 Å². The maximum absolute atomic E-state index is 13.0. The van der Waals surface area contributed by atoms with Crippen LogP contribution in [0.25, 0.3) is 11.0 Å². The summed E-state index contributed by atoms with van der Waals surface area (Å²) in [6.07, 6.45) is -1.23. The van der Waals surface area contributed by atoms with Gasteiger partial charge in [0.2, 0.25) is 5.95 Å². The van der Waals surface area contributed by atoms with Crippen molar-refractivity contribution in [2.75, 3.05) is 5.32 Å². The quantitative estimate of drug-likeness (QED) is 0.646. The van der Waals surface area contributed by atoms with Crippen LogP contribution >= 0.6 is 0 Å². The Hall–Kier alpha value is -3.22. The number of carbonyl (C=O) groups excluding carboxylic acids is 1. The summed E-state index contributed by atoms with van der Waals surface area (Å²) in [7, 11) is 0. The van der Waals surface area contributed by atoms with E-state index in [1.54, 1.807) is 19.1 Å². The number of anilines is 1. The van der Waals surface area contributed by atoms with E-state index < -0.39 is 11.9 Å². The second-order valence-corrected chi connectivity index (χ2v) is 4.99. The van der Waals surface area contributed by atoms with Gasteiger partial charge in [0.25, 0.3) is 0 Å². The molecule has 1 aromatic heterocycles. The Labute approximate surface area is 130 Å². The van der Waals surface area contributed by atoms with Crippen LogP contribution in [-0.4, -0.2) is 27.0 Å². The van der Waals surface area contributed by atoms with Crippen molar-refractivity contribution in [2.24, 2.45) is 0 Å². The molecule has 0 fully saturated rings. The molecule has 0 bridgehead atoms. The molecule has 0 radical (unpaired) electrons. The molecule has 1 amide bonds. The Morgan fingerprint density at radius 2 is 1.87 bits per heavy atom. The number of imidazole rings is 1. The Bertz CT molecular complexity index is 916. The molecule has 3 aromatic rings. The lowest BCUT2D eigenvalue weighted by Crippen LogP contribution is -2.08. The van der Waals surface area contributed by atoms with Crippen LogP contribution < -0.4 is 5.32 Å². The van der Waals surface area contributed by atoms with Crippen molar-refractivity contribution in [3.8, 4) is 0 Å². The normalized spacial score (nSPS) is 10.7. The van der Waals surface area contributed by atoms with Crippen molar-refractivity contribution in [1.29, 1.82) is 0 Å². The van der Waals surface area contributed by atoms with Gasteiger partial charge in [-0.1, -0.05) is 0 Å². The van der Waals surface area contributed by atoms with Gasteiger partial charge >= 0.3 is 6.09 Å². The number of benzene rings is 2. The average Bonchev–Trinajstić information content (AvgIpc) is 2.90. The van der Waals surface area contributed by atoms with E-state index in [2.05, 4.69) is 15.3 Å². The van der Waals surface area contributed by atoms with Crippen molar-refractivity contribution in [3.05, 3.63) is 58.9 Å². The number of aromatic amines is 1. The molecule has 0 saturated heterocycles. The third-order valence-corrected chi connectivity index (χ3v) is 3.48. The Balaban J connectivity index is 2.04. The molecule has 0 unspecified atom stereocenters. The number of hydrogen-bond acceptors (Lipinski definition) is 3. The van der Waals surface area contributed by atoms with Crippen LogP contribution in [0.5, 0.6) is 0 Å². The first kappa shape index (κ1) is 14.7. The molecule has 3 rings (SSSR count). The molecule has 0 atom stereocenters. The zero-order valence-electron chi connectivity index (χ0n) is 12.1. The monoisotopic (exact) mass is 313 g/mol. The summed E-state index contributed by atoms with van der Waals surface area (Å²) >= 11 is 0. The summed E-state index contributed by atoms with van der Waals surface area (Å²) in [5, 5.41) is 10.9. The minimum atomic E-state index is -1.23. The van der Waals surface area contributed by atoms with Gasteiger partial charge in [0.15, 0.2) is 5.78 Å². The molecule has 2 aromatic carbocycles.